The molecule has 2 amide bonds. The van der Waals surface area contributed by atoms with Gasteiger partial charge in [0.1, 0.15) is 4.90 Å². The molecule has 0 saturated carbocycles. The number of likely N-dealkylation sites (tertiary alicyclic amines) is 1. The van der Waals surface area contributed by atoms with E-state index in [2.05, 4.69) is 15.0 Å². The second-order valence-corrected chi connectivity index (χ2v) is 9.78. The van der Waals surface area contributed by atoms with E-state index < -0.39 is 10.0 Å². The smallest absolute Gasteiger partial charge is 0.257 e. The molecule has 2 aromatic rings. The Bertz CT molecular complexity index is 1080. The Balaban J connectivity index is 1.69. The van der Waals surface area contributed by atoms with Gasteiger partial charge in [0.05, 0.1) is 5.56 Å². The van der Waals surface area contributed by atoms with Gasteiger partial charge in [0.25, 0.3) is 5.91 Å². The Morgan fingerprint density at radius 1 is 1.13 bits per heavy atom. The van der Waals surface area contributed by atoms with E-state index in [1.807, 2.05) is 0 Å². The maximum atomic E-state index is 13.1. The summed E-state index contributed by atoms with van der Waals surface area (Å²) in [6.45, 7) is 4.47. The lowest BCUT2D eigenvalue weighted by atomic mass is 10.1. The molecule has 1 saturated heterocycles. The van der Waals surface area contributed by atoms with E-state index in [1.165, 1.54) is 0 Å². The van der Waals surface area contributed by atoms with Crippen LogP contribution in [0.15, 0.2) is 29.2 Å². The molecule has 31 heavy (non-hydrogen) atoms. The number of hydrogen-bond donors (Lipinski definition) is 3. The van der Waals surface area contributed by atoms with Gasteiger partial charge in [-0.05, 0) is 51.3 Å². The van der Waals surface area contributed by atoms with E-state index in [-0.39, 0.29) is 35.2 Å². The second-order valence-electron chi connectivity index (χ2n) is 7.64. The maximum absolute atomic E-state index is 13.1. The monoisotopic (exact) mass is 466 g/mol. The minimum absolute atomic E-state index is 0.0455. The second kappa shape index (κ2) is 9.84. The lowest BCUT2D eigenvalue weighted by Crippen LogP contribution is -2.37. The van der Waals surface area contributed by atoms with Crippen LogP contribution in [0.2, 0.25) is 5.02 Å². The third-order valence-corrected chi connectivity index (χ3v) is 7.06. The highest BCUT2D eigenvalue weighted by atomic mass is 35.5. The zero-order valence-corrected chi connectivity index (χ0v) is 19.2. The molecule has 168 valence electrons. The number of sulfonamides is 1. The molecule has 1 aromatic carbocycles. The van der Waals surface area contributed by atoms with Crippen LogP contribution in [-0.2, 0) is 14.8 Å². The van der Waals surface area contributed by atoms with Crippen LogP contribution in [0, 0.1) is 13.8 Å². The molecule has 3 rings (SSSR count). The highest BCUT2D eigenvalue weighted by Crippen LogP contribution is 2.26. The van der Waals surface area contributed by atoms with Crippen molar-refractivity contribution < 1.29 is 18.0 Å². The molecule has 0 bridgehead atoms. The number of aryl methyl sites for hydroxylation is 2. The van der Waals surface area contributed by atoms with Crippen LogP contribution < -0.4 is 10.0 Å². The van der Waals surface area contributed by atoms with Crippen LogP contribution in [0.3, 0.4) is 0 Å². The summed E-state index contributed by atoms with van der Waals surface area (Å²) in [5.74, 6) is -0.628. The Morgan fingerprint density at radius 2 is 1.84 bits per heavy atom. The highest BCUT2D eigenvalue weighted by molar-refractivity contribution is 7.89. The number of nitrogens with zero attached hydrogens (tertiary/aromatic N) is 1. The lowest BCUT2D eigenvalue weighted by molar-refractivity contribution is -0.116. The maximum Gasteiger partial charge on any atom is 0.257 e. The number of carbonyl (C=O) groups is 2. The van der Waals surface area contributed by atoms with Crippen molar-refractivity contribution in [1.82, 2.24) is 14.6 Å². The summed E-state index contributed by atoms with van der Waals surface area (Å²) in [6, 6.07) is 6.69. The van der Waals surface area contributed by atoms with Gasteiger partial charge >= 0.3 is 0 Å². The first kappa shape index (κ1) is 23.3. The van der Waals surface area contributed by atoms with Gasteiger partial charge in [-0.15, -0.1) is 0 Å². The van der Waals surface area contributed by atoms with Crippen molar-refractivity contribution in [2.24, 2.45) is 0 Å². The molecule has 0 spiro atoms. The first-order valence-corrected chi connectivity index (χ1v) is 12.1. The van der Waals surface area contributed by atoms with Gasteiger partial charge < -0.3 is 15.2 Å². The molecular formula is C21H27ClN4O4S. The quantitative estimate of drug-likeness (QED) is 0.581. The van der Waals surface area contributed by atoms with Crippen molar-refractivity contribution >= 4 is 39.1 Å². The molecular weight excluding hydrogens is 440 g/mol. The Hall–Kier alpha value is -2.36. The lowest BCUT2D eigenvalue weighted by Gasteiger charge is -2.27. The minimum atomic E-state index is -3.99. The predicted octanol–water partition coefficient (Wildman–Crippen LogP) is 3.22. The van der Waals surface area contributed by atoms with Crippen LogP contribution in [0.4, 0.5) is 5.69 Å². The average Bonchev–Trinajstić information content (AvgIpc) is 3.02. The number of halogens is 1. The van der Waals surface area contributed by atoms with Crippen LogP contribution in [-0.4, -0.2) is 49.8 Å². The molecule has 3 N–H and O–H groups in total. The highest BCUT2D eigenvalue weighted by Gasteiger charge is 2.31. The molecule has 0 unspecified atom stereocenters. The van der Waals surface area contributed by atoms with Crippen molar-refractivity contribution in [3.63, 3.8) is 0 Å². The van der Waals surface area contributed by atoms with Crippen molar-refractivity contribution in [2.45, 2.75) is 44.4 Å². The first-order chi connectivity index (χ1) is 14.7. The fourth-order valence-corrected chi connectivity index (χ4v) is 5.44. The molecule has 2 heterocycles. The number of anilines is 1. The van der Waals surface area contributed by atoms with Gasteiger partial charge in [-0.25, -0.2) is 13.1 Å². The molecule has 1 aliphatic heterocycles. The number of benzene rings is 1. The molecule has 10 heteroatoms. The van der Waals surface area contributed by atoms with Gasteiger partial charge in [-0.2, -0.15) is 0 Å². The zero-order chi connectivity index (χ0) is 22.6. The number of aromatic amines is 1. The fourth-order valence-electron chi connectivity index (χ4n) is 3.77. The fraction of sp³-hybridized carbons (Fsp3) is 0.429. The van der Waals surface area contributed by atoms with E-state index in [4.69, 9.17) is 11.6 Å². The minimum Gasteiger partial charge on any atom is -0.361 e. The number of rotatable bonds is 7. The SMILES string of the molecule is Cc1[nH]c(C)c(S(=O)(=O)NCCC(=O)Nc2cccc(Cl)c2)c1C(=O)N1CCCCC1. The molecule has 0 radical (unpaired) electrons. The molecule has 0 atom stereocenters. The number of nitrogens with one attached hydrogen (secondary N) is 3. The summed E-state index contributed by atoms with van der Waals surface area (Å²) < 4.78 is 28.5. The third-order valence-electron chi connectivity index (χ3n) is 5.20. The topological polar surface area (TPSA) is 111 Å². The summed E-state index contributed by atoms with van der Waals surface area (Å²) in [6.07, 6.45) is 2.83. The van der Waals surface area contributed by atoms with E-state index in [0.717, 1.165) is 19.3 Å². The number of H-pyrrole nitrogens is 1. The number of piperidine rings is 1. The number of carbonyl (C=O) groups excluding carboxylic acids is 2. The van der Waals surface area contributed by atoms with Crippen molar-refractivity contribution in [1.29, 1.82) is 0 Å². The summed E-state index contributed by atoms with van der Waals surface area (Å²) >= 11 is 5.90. The van der Waals surface area contributed by atoms with Crippen molar-refractivity contribution in [3.05, 3.63) is 46.2 Å². The largest absolute Gasteiger partial charge is 0.361 e. The van der Waals surface area contributed by atoms with Crippen LogP contribution in [0.1, 0.15) is 47.4 Å². The van der Waals surface area contributed by atoms with E-state index in [0.29, 0.717) is 35.2 Å². The van der Waals surface area contributed by atoms with Gasteiger partial charge in [0.2, 0.25) is 15.9 Å². The normalized spacial score (nSPS) is 14.5. The van der Waals surface area contributed by atoms with Crippen LogP contribution >= 0.6 is 11.6 Å². The summed E-state index contributed by atoms with van der Waals surface area (Å²) in [5.41, 5.74) is 1.63. The van der Waals surface area contributed by atoms with Gasteiger partial charge in [-0.3, -0.25) is 9.59 Å². The van der Waals surface area contributed by atoms with Crippen molar-refractivity contribution in [3.8, 4) is 0 Å². The number of amides is 2. The van der Waals surface area contributed by atoms with E-state index >= 15 is 0 Å². The Labute approximate surface area is 187 Å². The summed E-state index contributed by atoms with van der Waals surface area (Å²) in [4.78, 5) is 29.8. The average molecular weight is 467 g/mol. The Morgan fingerprint density at radius 3 is 2.52 bits per heavy atom. The molecule has 1 aliphatic rings. The van der Waals surface area contributed by atoms with Gasteiger partial charge in [0.15, 0.2) is 0 Å². The van der Waals surface area contributed by atoms with Gasteiger partial charge in [-0.1, -0.05) is 17.7 Å². The molecule has 0 aliphatic carbocycles. The van der Waals surface area contributed by atoms with Crippen molar-refractivity contribution in [2.75, 3.05) is 25.0 Å². The first-order valence-electron chi connectivity index (χ1n) is 10.2. The zero-order valence-electron chi connectivity index (χ0n) is 17.6. The molecule has 1 fully saturated rings. The number of hydrogen-bond acceptors (Lipinski definition) is 4. The van der Waals surface area contributed by atoms with Crippen LogP contribution in [0.5, 0.6) is 0 Å². The van der Waals surface area contributed by atoms with E-state index in [9.17, 15) is 18.0 Å². The molecule has 8 nitrogen and oxygen atoms in total. The summed E-state index contributed by atoms with van der Waals surface area (Å²) in [5, 5.41) is 3.16. The van der Waals surface area contributed by atoms with Crippen LogP contribution in [0.25, 0.3) is 0 Å². The predicted molar refractivity (Wildman–Crippen MR) is 120 cm³/mol. The third kappa shape index (κ3) is 5.66. The summed E-state index contributed by atoms with van der Waals surface area (Å²) in [7, 11) is -3.99. The Kier molecular flexibility index (Phi) is 7.40. The van der Waals surface area contributed by atoms with E-state index in [1.54, 1.807) is 43.0 Å². The molecule has 1 aromatic heterocycles. The van der Waals surface area contributed by atoms with Gasteiger partial charge in [0, 0.05) is 48.2 Å². The number of aromatic nitrogens is 1. The standard InChI is InChI=1S/C21H27ClN4O4S/c1-14-19(21(28)26-11-4-3-5-12-26)20(15(2)24-14)31(29,30)23-10-9-18(27)25-17-8-6-7-16(22)13-17/h6-8,13,23-24H,3-5,9-12H2,1-2H3,(H,25,27).